The first-order valence-corrected chi connectivity index (χ1v) is 14.8. The molecule has 0 spiro atoms. The molecule has 4 aromatic carbocycles. The quantitative estimate of drug-likeness (QED) is 0.393. The van der Waals surface area contributed by atoms with E-state index in [1.807, 2.05) is 91.0 Å². The van der Waals surface area contributed by atoms with Crippen molar-refractivity contribution in [3.05, 3.63) is 120 Å². The number of benzene rings is 4. The summed E-state index contributed by atoms with van der Waals surface area (Å²) < 4.78 is 34.6. The van der Waals surface area contributed by atoms with Gasteiger partial charge in [0.25, 0.3) is 0 Å². The summed E-state index contributed by atoms with van der Waals surface area (Å²) in [4.78, 5) is 0.139. The molecule has 0 aliphatic carbocycles. The molecule has 0 bridgehead atoms. The summed E-state index contributed by atoms with van der Waals surface area (Å²) >= 11 is 2.24. The molecule has 6 heteroatoms. The first-order chi connectivity index (χ1) is 14.5. The Kier molecular flexibility index (Phi) is 6.01. The van der Waals surface area contributed by atoms with Crippen LogP contribution in [0, 0.1) is 0 Å². The van der Waals surface area contributed by atoms with Gasteiger partial charge in [0.1, 0.15) is 0 Å². The van der Waals surface area contributed by atoms with Crippen LogP contribution in [0.3, 0.4) is 0 Å². The topological polar surface area (TPSA) is 46.5 Å². The summed E-state index contributed by atoms with van der Waals surface area (Å²) in [5.41, 5.74) is 0. The molecule has 0 aromatic heterocycles. The third kappa shape index (κ3) is 4.04. The molecule has 30 heavy (non-hydrogen) atoms. The number of hydrogen-bond acceptors (Lipinski definition) is 2. The molecule has 0 saturated carbocycles. The van der Waals surface area contributed by atoms with Crippen molar-refractivity contribution in [1.82, 2.24) is 0 Å². The monoisotopic (exact) mass is 495 g/mol. The van der Waals surface area contributed by atoms with Crippen molar-refractivity contribution in [3.8, 4) is 0 Å². The predicted molar refractivity (Wildman–Crippen MR) is 125 cm³/mol. The first kappa shape index (κ1) is 20.7. The zero-order valence-electron chi connectivity index (χ0n) is 16.0. The molecule has 0 aliphatic rings. The van der Waals surface area contributed by atoms with Crippen molar-refractivity contribution >= 4 is 48.0 Å². The summed E-state index contributed by atoms with van der Waals surface area (Å²) in [6.45, 7) is 0. The molecule has 4 aromatic rings. The van der Waals surface area contributed by atoms with Crippen molar-refractivity contribution in [2.24, 2.45) is 3.27 Å². The third-order valence-corrected chi connectivity index (χ3v) is 15.8. The Balaban J connectivity index is 2.13. The van der Waals surface area contributed by atoms with E-state index < -0.39 is 23.4 Å². The van der Waals surface area contributed by atoms with E-state index >= 15 is 0 Å². The van der Waals surface area contributed by atoms with Crippen LogP contribution >= 0.6 is 11.6 Å². The number of nitrogens with zero attached hydrogens (tertiary/aromatic N) is 1. The van der Waals surface area contributed by atoms with Gasteiger partial charge in [-0.05, 0) is 0 Å². The second-order valence-electron chi connectivity index (χ2n) is 6.65. The summed E-state index contributed by atoms with van der Waals surface area (Å²) in [5.74, 6) is 0. The molecule has 0 atom stereocenters. The fraction of sp³-hybridized carbons (Fsp3) is 0. The van der Waals surface area contributed by atoms with Crippen molar-refractivity contribution in [2.75, 3.05) is 0 Å². The van der Waals surface area contributed by atoms with Gasteiger partial charge in [0, 0.05) is 0 Å². The van der Waals surface area contributed by atoms with Crippen molar-refractivity contribution in [1.29, 1.82) is 0 Å². The van der Waals surface area contributed by atoms with E-state index in [0.29, 0.717) is 5.02 Å². The molecule has 0 radical (unpaired) electrons. The molecule has 3 nitrogen and oxygen atoms in total. The van der Waals surface area contributed by atoms with Gasteiger partial charge in [0.2, 0.25) is 0 Å². The summed E-state index contributed by atoms with van der Waals surface area (Å²) in [5, 5.41) is 0.481. The molecule has 0 amide bonds. The third-order valence-electron chi connectivity index (χ3n) is 4.73. The Hall–Kier alpha value is -2.52. The molecule has 0 N–H and O–H groups in total. The molecule has 0 heterocycles. The Morgan fingerprint density at radius 1 is 0.567 bits per heavy atom. The van der Waals surface area contributed by atoms with E-state index in [-0.39, 0.29) is 4.90 Å². The minimum absolute atomic E-state index is 0.139. The van der Waals surface area contributed by atoms with Gasteiger partial charge in [-0.15, -0.1) is 0 Å². The summed E-state index contributed by atoms with van der Waals surface area (Å²) in [6, 6.07) is 35.4. The standard InChI is InChI=1S/C24H19AsClNO2S/c26-23-16-18-24(19-17-23)30(28,29)27-25(20-10-4-1-5-11-20,21-12-6-2-7-13-21)22-14-8-3-9-15-22/h1-19H. The first-order valence-electron chi connectivity index (χ1n) is 9.33. The maximum absolute atomic E-state index is 13.5. The van der Waals surface area contributed by atoms with Crippen LogP contribution in [0.4, 0.5) is 0 Å². The van der Waals surface area contributed by atoms with Gasteiger partial charge < -0.3 is 0 Å². The van der Waals surface area contributed by atoms with Gasteiger partial charge in [-0.1, -0.05) is 0 Å². The van der Waals surface area contributed by atoms with Crippen LogP contribution < -0.4 is 13.1 Å². The van der Waals surface area contributed by atoms with Gasteiger partial charge in [-0.25, -0.2) is 0 Å². The van der Waals surface area contributed by atoms with Gasteiger partial charge in [-0.2, -0.15) is 0 Å². The molecular formula is C24H19AsClNO2S. The second kappa shape index (κ2) is 8.69. The Labute approximate surface area is 184 Å². The normalized spacial score (nSPS) is 11.8. The Morgan fingerprint density at radius 2 is 0.933 bits per heavy atom. The van der Waals surface area contributed by atoms with Crippen molar-refractivity contribution in [2.45, 2.75) is 4.90 Å². The van der Waals surface area contributed by atoms with E-state index in [1.54, 1.807) is 12.1 Å². The van der Waals surface area contributed by atoms with E-state index in [1.165, 1.54) is 12.1 Å². The van der Waals surface area contributed by atoms with Crippen LogP contribution in [0.1, 0.15) is 0 Å². The van der Waals surface area contributed by atoms with Crippen molar-refractivity contribution < 1.29 is 8.42 Å². The van der Waals surface area contributed by atoms with Crippen LogP contribution in [0.15, 0.2) is 123 Å². The maximum atomic E-state index is 13.5. The van der Waals surface area contributed by atoms with Crippen LogP contribution in [-0.4, -0.2) is 21.8 Å². The molecule has 0 unspecified atom stereocenters. The summed E-state index contributed by atoms with van der Waals surface area (Å²) in [7, 11) is -3.94. The zero-order valence-corrected chi connectivity index (χ0v) is 19.4. The molecular weight excluding hydrogens is 477 g/mol. The van der Waals surface area contributed by atoms with Crippen molar-refractivity contribution in [3.63, 3.8) is 0 Å². The van der Waals surface area contributed by atoms with E-state index in [0.717, 1.165) is 13.1 Å². The van der Waals surface area contributed by atoms with Gasteiger partial charge in [0.15, 0.2) is 0 Å². The molecule has 0 fully saturated rings. The van der Waals surface area contributed by atoms with Crippen LogP contribution in [0.2, 0.25) is 5.02 Å². The van der Waals surface area contributed by atoms with Crippen LogP contribution in [0.25, 0.3) is 0 Å². The number of hydrogen-bond donors (Lipinski definition) is 0. The molecule has 150 valence electrons. The fourth-order valence-corrected chi connectivity index (χ4v) is 14.7. The predicted octanol–water partition coefficient (Wildman–Crippen LogP) is 3.96. The van der Waals surface area contributed by atoms with E-state index in [4.69, 9.17) is 14.9 Å². The second-order valence-corrected chi connectivity index (χ2v) is 15.6. The van der Waals surface area contributed by atoms with E-state index in [9.17, 15) is 8.42 Å². The molecule has 0 aliphatic heterocycles. The Bertz CT molecular complexity index is 1190. The average Bonchev–Trinajstić information content (AvgIpc) is 2.79. The SMILES string of the molecule is O=S(=O)(N=[As](c1ccccc1)(c1ccccc1)c1ccccc1)c1ccc(Cl)cc1. The van der Waals surface area contributed by atoms with Gasteiger partial charge in [0.05, 0.1) is 0 Å². The Morgan fingerprint density at radius 3 is 1.30 bits per heavy atom. The zero-order chi connectivity index (χ0) is 21.0. The molecule has 0 saturated heterocycles. The number of rotatable bonds is 5. The minimum atomic E-state index is -3.94. The van der Waals surface area contributed by atoms with E-state index in [2.05, 4.69) is 0 Å². The fourth-order valence-electron chi connectivity index (χ4n) is 3.33. The van der Waals surface area contributed by atoms with Gasteiger partial charge in [-0.3, -0.25) is 0 Å². The molecule has 4 rings (SSSR count). The van der Waals surface area contributed by atoms with Gasteiger partial charge >= 0.3 is 185 Å². The average molecular weight is 496 g/mol. The number of halogens is 1. The van der Waals surface area contributed by atoms with Crippen LogP contribution in [-0.2, 0) is 10.0 Å². The number of sulfonamides is 1. The summed E-state index contributed by atoms with van der Waals surface area (Å²) in [6.07, 6.45) is 0. The van der Waals surface area contributed by atoms with Crippen LogP contribution in [0.5, 0.6) is 0 Å².